The minimum Gasteiger partial charge on any atom is -0.381 e. The lowest BCUT2D eigenvalue weighted by molar-refractivity contribution is 0.0545. The van der Waals surface area contributed by atoms with E-state index in [0.717, 1.165) is 60.9 Å². The van der Waals surface area contributed by atoms with Crippen LogP contribution in [0, 0.1) is 17.8 Å². The standard InChI is InChI=1S/C27H35N5O2/c33-27(29-23-5-6-23)20-3-1-19(2-4-20)25-7-8-26(31-30-25)28-24-13-21-16-32(17-22(21)14-24)15-18-9-11-34-12-10-18/h1-4,7-8,18,21-24H,5-6,9-17H2,(H,28,31)(H,29,33)/t21-,22?,24?/m1/s1. The fraction of sp³-hybridized carbons (Fsp3) is 0.593. The number of rotatable bonds is 7. The summed E-state index contributed by atoms with van der Waals surface area (Å²) in [5.41, 5.74) is 2.49. The number of ether oxygens (including phenoxy) is 1. The molecule has 3 heterocycles. The fourth-order valence-corrected chi connectivity index (χ4v) is 6.02. The first-order valence-corrected chi connectivity index (χ1v) is 13.0. The Morgan fingerprint density at radius 2 is 1.65 bits per heavy atom. The van der Waals surface area contributed by atoms with Crippen LogP contribution in [-0.2, 0) is 4.74 Å². The molecule has 2 saturated carbocycles. The molecule has 1 aromatic carbocycles. The van der Waals surface area contributed by atoms with E-state index in [9.17, 15) is 4.79 Å². The Morgan fingerprint density at radius 1 is 0.912 bits per heavy atom. The van der Waals surface area contributed by atoms with Crippen molar-refractivity contribution in [2.45, 2.75) is 50.6 Å². The summed E-state index contributed by atoms with van der Waals surface area (Å²) < 4.78 is 5.52. The highest BCUT2D eigenvalue weighted by Gasteiger charge is 2.41. The first-order chi connectivity index (χ1) is 16.7. The molecule has 3 atom stereocenters. The van der Waals surface area contributed by atoms with E-state index < -0.39 is 0 Å². The Labute approximate surface area is 201 Å². The van der Waals surface area contributed by atoms with E-state index in [-0.39, 0.29) is 5.91 Å². The summed E-state index contributed by atoms with van der Waals surface area (Å²) in [4.78, 5) is 14.9. The average molecular weight is 462 g/mol. The van der Waals surface area contributed by atoms with Gasteiger partial charge in [0.2, 0.25) is 0 Å². The minimum absolute atomic E-state index is 0.00715. The highest BCUT2D eigenvalue weighted by molar-refractivity contribution is 5.95. The lowest BCUT2D eigenvalue weighted by Gasteiger charge is -2.27. The number of anilines is 1. The van der Waals surface area contributed by atoms with Crippen LogP contribution in [-0.4, -0.2) is 65.9 Å². The van der Waals surface area contributed by atoms with Gasteiger partial charge in [-0.05, 0) is 80.5 Å². The molecule has 2 aromatic rings. The van der Waals surface area contributed by atoms with Gasteiger partial charge in [0.15, 0.2) is 0 Å². The van der Waals surface area contributed by atoms with Crippen LogP contribution in [0.15, 0.2) is 36.4 Å². The molecule has 6 rings (SSSR count). The van der Waals surface area contributed by atoms with Gasteiger partial charge in [-0.25, -0.2) is 0 Å². The lowest BCUT2D eigenvalue weighted by atomic mass is 10.00. The lowest BCUT2D eigenvalue weighted by Crippen LogP contribution is -2.32. The maximum absolute atomic E-state index is 12.2. The van der Waals surface area contributed by atoms with Gasteiger partial charge >= 0.3 is 0 Å². The molecule has 1 amide bonds. The van der Waals surface area contributed by atoms with Gasteiger partial charge in [-0.1, -0.05) is 12.1 Å². The second-order valence-electron chi connectivity index (χ2n) is 10.7. The average Bonchev–Trinajstić information content (AvgIpc) is 3.49. The van der Waals surface area contributed by atoms with Crippen LogP contribution < -0.4 is 10.6 Å². The number of fused-ring (bicyclic) bond motifs is 1. The van der Waals surface area contributed by atoms with Crippen LogP contribution in [0.25, 0.3) is 11.3 Å². The van der Waals surface area contributed by atoms with Gasteiger partial charge in [0, 0.05) is 56.1 Å². The van der Waals surface area contributed by atoms with Gasteiger partial charge in [-0.15, -0.1) is 10.2 Å². The molecule has 2 aliphatic heterocycles. The van der Waals surface area contributed by atoms with E-state index in [2.05, 4.69) is 25.7 Å². The summed E-state index contributed by atoms with van der Waals surface area (Å²) in [5, 5.41) is 15.5. The number of hydrogen-bond acceptors (Lipinski definition) is 6. The Hall–Kier alpha value is -2.51. The van der Waals surface area contributed by atoms with Gasteiger partial charge in [0.25, 0.3) is 5.91 Å². The van der Waals surface area contributed by atoms with Crippen molar-refractivity contribution in [1.82, 2.24) is 20.4 Å². The van der Waals surface area contributed by atoms with Crippen molar-refractivity contribution in [1.29, 1.82) is 0 Å². The second-order valence-corrected chi connectivity index (χ2v) is 10.7. The highest BCUT2D eigenvalue weighted by Crippen LogP contribution is 2.39. The van der Waals surface area contributed by atoms with Gasteiger partial charge in [-0.3, -0.25) is 4.79 Å². The summed E-state index contributed by atoms with van der Waals surface area (Å²) in [6.45, 7) is 5.65. The minimum atomic E-state index is 0.00715. The number of likely N-dealkylation sites (tertiary alicyclic amines) is 1. The third kappa shape index (κ3) is 5.10. The molecule has 0 spiro atoms. The quantitative estimate of drug-likeness (QED) is 0.656. The van der Waals surface area contributed by atoms with Gasteiger partial charge in [-0.2, -0.15) is 0 Å². The Morgan fingerprint density at radius 3 is 2.29 bits per heavy atom. The molecule has 2 aliphatic carbocycles. The molecular formula is C27H35N5O2. The van der Waals surface area contributed by atoms with Crippen molar-refractivity contribution in [3.63, 3.8) is 0 Å². The van der Waals surface area contributed by atoms with Crippen LogP contribution >= 0.6 is 0 Å². The summed E-state index contributed by atoms with van der Waals surface area (Å²) in [6, 6.07) is 12.5. The maximum Gasteiger partial charge on any atom is 0.251 e. The zero-order chi connectivity index (χ0) is 22.9. The Bertz CT molecular complexity index is 971. The summed E-state index contributed by atoms with van der Waals surface area (Å²) in [7, 11) is 0. The van der Waals surface area contributed by atoms with Crippen molar-refractivity contribution in [3.8, 4) is 11.3 Å². The third-order valence-corrected chi connectivity index (χ3v) is 8.06. The molecule has 0 radical (unpaired) electrons. The van der Waals surface area contributed by atoms with Gasteiger partial charge < -0.3 is 20.3 Å². The van der Waals surface area contributed by atoms with Crippen LogP contribution in [0.5, 0.6) is 0 Å². The molecule has 4 fully saturated rings. The van der Waals surface area contributed by atoms with Crippen LogP contribution in [0.1, 0.15) is 48.9 Å². The summed E-state index contributed by atoms with van der Waals surface area (Å²) >= 11 is 0. The van der Waals surface area contributed by atoms with Crippen molar-refractivity contribution < 1.29 is 9.53 Å². The first kappa shape index (κ1) is 22.0. The number of hydrogen-bond donors (Lipinski definition) is 2. The van der Waals surface area contributed by atoms with Crippen molar-refractivity contribution in [2.75, 3.05) is 38.2 Å². The number of aromatic nitrogens is 2. The van der Waals surface area contributed by atoms with Gasteiger partial charge in [0.1, 0.15) is 5.82 Å². The number of carbonyl (C=O) groups is 1. The molecule has 4 aliphatic rings. The Balaban J connectivity index is 0.991. The van der Waals surface area contributed by atoms with Crippen molar-refractivity contribution in [3.05, 3.63) is 42.0 Å². The number of carbonyl (C=O) groups excluding carboxylic acids is 1. The number of amides is 1. The molecule has 2 N–H and O–H groups in total. The third-order valence-electron chi connectivity index (χ3n) is 8.06. The molecular weight excluding hydrogens is 426 g/mol. The molecule has 0 bridgehead atoms. The monoisotopic (exact) mass is 461 g/mol. The number of nitrogens with zero attached hydrogens (tertiary/aromatic N) is 3. The smallest absolute Gasteiger partial charge is 0.251 e. The van der Waals surface area contributed by atoms with Crippen LogP contribution in [0.3, 0.4) is 0 Å². The summed E-state index contributed by atoms with van der Waals surface area (Å²) in [5.74, 6) is 3.30. The predicted molar refractivity (Wildman–Crippen MR) is 132 cm³/mol. The molecule has 2 saturated heterocycles. The van der Waals surface area contributed by atoms with Crippen molar-refractivity contribution >= 4 is 11.7 Å². The van der Waals surface area contributed by atoms with E-state index in [1.165, 1.54) is 45.3 Å². The molecule has 7 nitrogen and oxygen atoms in total. The highest BCUT2D eigenvalue weighted by atomic mass is 16.5. The van der Waals surface area contributed by atoms with Crippen LogP contribution in [0.4, 0.5) is 5.82 Å². The molecule has 2 unspecified atom stereocenters. The maximum atomic E-state index is 12.2. The molecule has 180 valence electrons. The molecule has 1 aromatic heterocycles. The fourth-order valence-electron chi connectivity index (χ4n) is 6.02. The Kier molecular flexibility index (Phi) is 6.22. The van der Waals surface area contributed by atoms with Gasteiger partial charge in [0.05, 0.1) is 5.69 Å². The zero-order valence-corrected chi connectivity index (χ0v) is 19.8. The number of benzene rings is 1. The van der Waals surface area contributed by atoms with E-state index >= 15 is 0 Å². The number of nitrogens with one attached hydrogen (secondary N) is 2. The second kappa shape index (κ2) is 9.62. The zero-order valence-electron chi connectivity index (χ0n) is 19.8. The SMILES string of the molecule is O=C(NC1CC1)c1ccc(-c2ccc(NC3CC4CN(CC5CCOCC5)C[C@H]4C3)nn2)cc1. The van der Waals surface area contributed by atoms with Crippen LogP contribution in [0.2, 0.25) is 0 Å². The molecule has 34 heavy (non-hydrogen) atoms. The van der Waals surface area contributed by atoms with E-state index in [1.54, 1.807) is 0 Å². The molecule has 7 heteroatoms. The van der Waals surface area contributed by atoms with E-state index in [4.69, 9.17) is 4.74 Å². The normalized spacial score (nSPS) is 27.5. The topological polar surface area (TPSA) is 79.4 Å². The summed E-state index contributed by atoms with van der Waals surface area (Å²) in [6.07, 6.45) is 7.09. The van der Waals surface area contributed by atoms with E-state index in [1.807, 2.05) is 36.4 Å². The van der Waals surface area contributed by atoms with Crippen molar-refractivity contribution in [2.24, 2.45) is 17.8 Å². The first-order valence-electron chi connectivity index (χ1n) is 13.0. The predicted octanol–water partition coefficient (Wildman–Crippen LogP) is 3.58. The van der Waals surface area contributed by atoms with E-state index in [0.29, 0.717) is 17.6 Å². The largest absolute Gasteiger partial charge is 0.381 e.